The van der Waals surface area contributed by atoms with Gasteiger partial charge in [-0.2, -0.15) is 5.10 Å². The number of anilines is 1. The average molecular weight is 417 g/mol. The van der Waals surface area contributed by atoms with Crippen molar-refractivity contribution >= 4 is 40.6 Å². The first kappa shape index (κ1) is 19.9. The van der Waals surface area contributed by atoms with E-state index in [0.717, 1.165) is 16.0 Å². The average Bonchev–Trinajstić information content (AvgIpc) is 3.06. The van der Waals surface area contributed by atoms with Gasteiger partial charge in [-0.1, -0.05) is 35.5 Å². The van der Waals surface area contributed by atoms with E-state index in [1.54, 1.807) is 32.0 Å². The highest BCUT2D eigenvalue weighted by Crippen LogP contribution is 2.34. The second-order valence-corrected chi connectivity index (χ2v) is 7.59. The van der Waals surface area contributed by atoms with Crippen LogP contribution < -0.4 is 5.32 Å². The number of nitrogens with zero attached hydrogens (tertiary/aromatic N) is 3. The minimum absolute atomic E-state index is 0.113. The lowest BCUT2D eigenvalue weighted by molar-refractivity contribution is -0.385. The summed E-state index contributed by atoms with van der Waals surface area (Å²) in [6, 6.07) is 14.1. The number of nitrogens with one attached hydrogen (secondary N) is 1. The number of benzene rings is 2. The second kappa shape index (κ2) is 8.45. The van der Waals surface area contributed by atoms with E-state index in [1.807, 2.05) is 30.3 Å². The fraction of sp³-hybridized carbons (Fsp3) is 0.158. The molecule has 9 heteroatoms. The third-order valence-electron chi connectivity index (χ3n) is 4.15. The van der Waals surface area contributed by atoms with Crippen molar-refractivity contribution in [2.75, 3.05) is 5.32 Å². The Hall–Kier alpha value is -2.84. The van der Waals surface area contributed by atoms with Gasteiger partial charge < -0.3 is 5.32 Å². The molecule has 0 bridgehead atoms. The summed E-state index contributed by atoms with van der Waals surface area (Å²) in [6.07, 6.45) is 1.16. The van der Waals surface area contributed by atoms with Crippen LogP contribution in [0.2, 0.25) is 5.02 Å². The number of carbonyl (C=O) groups is 1. The summed E-state index contributed by atoms with van der Waals surface area (Å²) >= 11 is 7.42. The maximum atomic E-state index is 12.7. The quantitative estimate of drug-likeness (QED) is 0.445. The molecule has 1 atom stereocenters. The SMILES string of the molecule is Cc1c([N+](=O)[O-])cnn1C(C)C(=O)Nc1ccccc1Sc1ccc(Cl)cc1. The van der Waals surface area contributed by atoms with Crippen LogP contribution in [0.1, 0.15) is 18.7 Å². The van der Waals surface area contributed by atoms with E-state index in [9.17, 15) is 14.9 Å². The molecule has 3 aromatic rings. The molecule has 0 aliphatic heterocycles. The van der Waals surface area contributed by atoms with Crippen LogP contribution in [0, 0.1) is 17.0 Å². The van der Waals surface area contributed by atoms with Gasteiger partial charge in [0.15, 0.2) is 0 Å². The number of rotatable bonds is 6. The third-order valence-corrected chi connectivity index (χ3v) is 5.48. The first-order valence-corrected chi connectivity index (χ1v) is 9.58. The van der Waals surface area contributed by atoms with Crippen molar-refractivity contribution < 1.29 is 9.72 Å². The minimum Gasteiger partial charge on any atom is -0.323 e. The highest BCUT2D eigenvalue weighted by molar-refractivity contribution is 7.99. The molecule has 1 N–H and O–H groups in total. The number of carbonyl (C=O) groups excluding carboxylic acids is 1. The number of para-hydroxylation sites is 1. The molecule has 0 aliphatic rings. The van der Waals surface area contributed by atoms with Gasteiger partial charge in [0.05, 0.1) is 10.6 Å². The summed E-state index contributed by atoms with van der Waals surface area (Å²) in [7, 11) is 0. The molecule has 0 aliphatic carbocycles. The number of nitro groups is 1. The molecular formula is C19H17ClN4O3S. The molecule has 3 rings (SSSR count). The Labute approximate surface area is 170 Å². The van der Waals surface area contributed by atoms with Crippen LogP contribution in [0.3, 0.4) is 0 Å². The molecule has 1 unspecified atom stereocenters. The van der Waals surface area contributed by atoms with E-state index in [-0.39, 0.29) is 11.6 Å². The van der Waals surface area contributed by atoms with Crippen molar-refractivity contribution in [1.82, 2.24) is 9.78 Å². The molecule has 0 saturated heterocycles. The number of hydrogen-bond donors (Lipinski definition) is 1. The third kappa shape index (κ3) is 4.35. The summed E-state index contributed by atoms with van der Waals surface area (Å²) in [5, 5.41) is 18.5. The standard InChI is InChI=1S/C19H17ClN4O3S/c1-12-17(24(26)27)11-21-23(12)13(2)19(25)22-16-5-3-4-6-18(16)28-15-9-7-14(20)8-10-15/h3-11,13H,1-2H3,(H,22,25). The van der Waals surface area contributed by atoms with Gasteiger partial charge in [0.25, 0.3) is 0 Å². The normalized spacial score (nSPS) is 11.8. The summed E-state index contributed by atoms with van der Waals surface area (Å²) in [6.45, 7) is 3.22. The molecule has 2 aromatic carbocycles. The van der Waals surface area contributed by atoms with E-state index in [1.165, 1.54) is 16.4 Å². The number of aromatic nitrogens is 2. The lowest BCUT2D eigenvalue weighted by atomic mass is 10.2. The van der Waals surface area contributed by atoms with Crippen LogP contribution in [-0.2, 0) is 4.79 Å². The van der Waals surface area contributed by atoms with Crippen LogP contribution >= 0.6 is 23.4 Å². The van der Waals surface area contributed by atoms with Crippen LogP contribution in [0.5, 0.6) is 0 Å². The van der Waals surface area contributed by atoms with Gasteiger partial charge in [0, 0.05) is 14.8 Å². The fourth-order valence-electron chi connectivity index (χ4n) is 2.62. The lowest BCUT2D eigenvalue weighted by Crippen LogP contribution is -2.25. The molecule has 0 saturated carbocycles. The van der Waals surface area contributed by atoms with Crippen molar-refractivity contribution in [3.63, 3.8) is 0 Å². The number of halogens is 1. The topological polar surface area (TPSA) is 90.1 Å². The highest BCUT2D eigenvalue weighted by atomic mass is 35.5. The minimum atomic E-state index is -0.706. The zero-order valence-corrected chi connectivity index (χ0v) is 16.7. The van der Waals surface area contributed by atoms with Gasteiger partial charge in [-0.05, 0) is 50.2 Å². The molecule has 7 nitrogen and oxygen atoms in total. The zero-order valence-electron chi connectivity index (χ0n) is 15.1. The molecule has 28 heavy (non-hydrogen) atoms. The van der Waals surface area contributed by atoms with E-state index in [2.05, 4.69) is 10.4 Å². The molecular weight excluding hydrogens is 400 g/mol. The Bertz CT molecular complexity index is 1020. The van der Waals surface area contributed by atoms with E-state index < -0.39 is 11.0 Å². The Kier molecular flexibility index (Phi) is 6.01. The summed E-state index contributed by atoms with van der Waals surface area (Å²) in [5.74, 6) is -0.315. The lowest BCUT2D eigenvalue weighted by Gasteiger charge is -2.16. The first-order valence-electron chi connectivity index (χ1n) is 8.38. The van der Waals surface area contributed by atoms with Crippen LogP contribution in [0.15, 0.2) is 64.5 Å². The highest BCUT2D eigenvalue weighted by Gasteiger charge is 2.24. The first-order chi connectivity index (χ1) is 13.4. The number of hydrogen-bond acceptors (Lipinski definition) is 5. The smallest absolute Gasteiger partial charge is 0.309 e. The predicted molar refractivity (Wildman–Crippen MR) is 109 cm³/mol. The van der Waals surface area contributed by atoms with Gasteiger partial charge in [-0.25, -0.2) is 0 Å². The second-order valence-electron chi connectivity index (χ2n) is 6.03. The van der Waals surface area contributed by atoms with Crippen molar-refractivity contribution in [2.45, 2.75) is 29.7 Å². The van der Waals surface area contributed by atoms with E-state index in [4.69, 9.17) is 11.6 Å². The molecule has 1 heterocycles. The van der Waals surface area contributed by atoms with Crippen molar-refractivity contribution in [3.05, 3.63) is 75.6 Å². The van der Waals surface area contributed by atoms with Gasteiger partial charge in [0.1, 0.15) is 17.9 Å². The molecule has 0 fully saturated rings. The Morgan fingerprint density at radius 3 is 2.57 bits per heavy atom. The van der Waals surface area contributed by atoms with Crippen molar-refractivity contribution in [1.29, 1.82) is 0 Å². The van der Waals surface area contributed by atoms with Crippen molar-refractivity contribution in [2.24, 2.45) is 0 Å². The number of amides is 1. The zero-order chi connectivity index (χ0) is 20.3. The van der Waals surface area contributed by atoms with Gasteiger partial charge in [-0.3, -0.25) is 19.6 Å². The van der Waals surface area contributed by atoms with Crippen LogP contribution in [-0.4, -0.2) is 20.6 Å². The Morgan fingerprint density at radius 2 is 1.93 bits per heavy atom. The molecule has 1 amide bonds. The van der Waals surface area contributed by atoms with Gasteiger partial charge in [0.2, 0.25) is 5.91 Å². The molecule has 0 spiro atoms. The van der Waals surface area contributed by atoms with E-state index in [0.29, 0.717) is 16.4 Å². The van der Waals surface area contributed by atoms with Gasteiger partial charge in [-0.15, -0.1) is 0 Å². The maximum Gasteiger partial charge on any atom is 0.309 e. The molecule has 0 radical (unpaired) electrons. The Morgan fingerprint density at radius 1 is 1.25 bits per heavy atom. The summed E-state index contributed by atoms with van der Waals surface area (Å²) < 4.78 is 1.35. The van der Waals surface area contributed by atoms with E-state index >= 15 is 0 Å². The van der Waals surface area contributed by atoms with Crippen LogP contribution in [0.25, 0.3) is 0 Å². The maximum absolute atomic E-state index is 12.7. The molecule has 144 valence electrons. The largest absolute Gasteiger partial charge is 0.323 e. The monoisotopic (exact) mass is 416 g/mol. The van der Waals surface area contributed by atoms with Crippen LogP contribution in [0.4, 0.5) is 11.4 Å². The Balaban J connectivity index is 1.79. The van der Waals surface area contributed by atoms with Gasteiger partial charge >= 0.3 is 5.69 Å². The van der Waals surface area contributed by atoms with Crippen molar-refractivity contribution in [3.8, 4) is 0 Å². The summed E-state index contributed by atoms with van der Waals surface area (Å²) in [4.78, 5) is 25.1. The molecule has 1 aromatic heterocycles. The summed E-state index contributed by atoms with van der Waals surface area (Å²) in [5.41, 5.74) is 0.869. The predicted octanol–water partition coefficient (Wildman–Crippen LogP) is 5.10. The fourth-order valence-corrected chi connectivity index (χ4v) is 3.65.